The number of ether oxygens (including phenoxy) is 2. The van der Waals surface area contributed by atoms with Crippen LogP contribution >= 0.6 is 15.9 Å². The van der Waals surface area contributed by atoms with Gasteiger partial charge in [-0.2, -0.15) is 0 Å². The van der Waals surface area contributed by atoms with Crippen LogP contribution in [0.1, 0.15) is 18.1 Å². The van der Waals surface area contributed by atoms with Gasteiger partial charge in [0.15, 0.2) is 11.5 Å². The Hall–Kier alpha value is -1.03. The molecule has 0 spiro atoms. The highest BCUT2D eigenvalue weighted by atomic mass is 79.9. The summed E-state index contributed by atoms with van der Waals surface area (Å²) >= 11 is 3.41. The van der Waals surface area contributed by atoms with Crippen molar-refractivity contribution in [3.8, 4) is 11.5 Å². The standard InChI is InChI=1S/C12H15BrO3/c1-7-5-10(13)12(16-4)11(15-3)9(7)6-8(2)14/h5H,6H2,1-4H3. The molecule has 0 saturated heterocycles. The number of benzene rings is 1. The molecule has 0 aliphatic heterocycles. The molecule has 0 aliphatic carbocycles. The van der Waals surface area contributed by atoms with Gasteiger partial charge in [-0.1, -0.05) is 0 Å². The number of aryl methyl sites for hydroxylation is 1. The lowest BCUT2D eigenvalue weighted by Crippen LogP contribution is -2.04. The molecule has 0 N–H and O–H groups in total. The van der Waals surface area contributed by atoms with Crippen LogP contribution in [-0.2, 0) is 11.2 Å². The van der Waals surface area contributed by atoms with Crippen LogP contribution in [0.4, 0.5) is 0 Å². The minimum Gasteiger partial charge on any atom is -0.493 e. The van der Waals surface area contributed by atoms with Gasteiger partial charge < -0.3 is 9.47 Å². The highest BCUT2D eigenvalue weighted by Crippen LogP contribution is 2.40. The fourth-order valence-electron chi connectivity index (χ4n) is 1.64. The Kier molecular flexibility index (Phi) is 4.35. The van der Waals surface area contributed by atoms with Gasteiger partial charge in [0, 0.05) is 12.0 Å². The monoisotopic (exact) mass is 286 g/mol. The minimum atomic E-state index is 0.103. The topological polar surface area (TPSA) is 35.5 Å². The van der Waals surface area contributed by atoms with Crippen molar-refractivity contribution in [3.05, 3.63) is 21.7 Å². The van der Waals surface area contributed by atoms with Crippen LogP contribution < -0.4 is 9.47 Å². The first-order valence-corrected chi connectivity index (χ1v) is 5.70. The Balaban J connectivity index is 3.39. The molecule has 0 aromatic heterocycles. The maximum absolute atomic E-state index is 11.2. The van der Waals surface area contributed by atoms with E-state index in [1.807, 2.05) is 13.0 Å². The summed E-state index contributed by atoms with van der Waals surface area (Å²) in [7, 11) is 3.16. The largest absolute Gasteiger partial charge is 0.493 e. The van der Waals surface area contributed by atoms with Gasteiger partial charge in [0.25, 0.3) is 0 Å². The molecule has 1 aromatic rings. The molecule has 0 unspecified atom stereocenters. The highest BCUT2D eigenvalue weighted by Gasteiger charge is 2.17. The molecule has 1 aromatic carbocycles. The molecule has 0 aliphatic rings. The summed E-state index contributed by atoms with van der Waals surface area (Å²) in [6.07, 6.45) is 0.360. The van der Waals surface area contributed by atoms with Crippen LogP contribution in [-0.4, -0.2) is 20.0 Å². The van der Waals surface area contributed by atoms with Gasteiger partial charge in [-0.3, -0.25) is 4.79 Å². The zero-order valence-electron chi connectivity index (χ0n) is 9.89. The van der Waals surface area contributed by atoms with Crippen molar-refractivity contribution in [1.29, 1.82) is 0 Å². The van der Waals surface area contributed by atoms with Gasteiger partial charge in [-0.25, -0.2) is 0 Å². The lowest BCUT2D eigenvalue weighted by Gasteiger charge is -2.16. The summed E-state index contributed by atoms with van der Waals surface area (Å²) in [4.78, 5) is 11.2. The maximum atomic E-state index is 11.2. The molecule has 16 heavy (non-hydrogen) atoms. The second kappa shape index (κ2) is 5.34. The smallest absolute Gasteiger partial charge is 0.175 e. The summed E-state index contributed by atoms with van der Waals surface area (Å²) in [5.74, 6) is 1.36. The number of ketones is 1. The fourth-order valence-corrected chi connectivity index (χ4v) is 2.33. The molecule has 0 heterocycles. The molecule has 3 nitrogen and oxygen atoms in total. The highest BCUT2D eigenvalue weighted by molar-refractivity contribution is 9.10. The molecular weight excluding hydrogens is 272 g/mol. The van der Waals surface area contributed by atoms with E-state index < -0.39 is 0 Å². The van der Waals surface area contributed by atoms with E-state index in [9.17, 15) is 4.79 Å². The average molecular weight is 287 g/mol. The molecule has 0 fully saturated rings. The summed E-state index contributed by atoms with van der Waals surface area (Å²) in [6.45, 7) is 3.51. The third-order valence-corrected chi connectivity index (χ3v) is 2.94. The first kappa shape index (κ1) is 13.0. The van der Waals surface area contributed by atoms with Crippen LogP contribution in [0, 0.1) is 6.92 Å². The van der Waals surface area contributed by atoms with E-state index in [1.54, 1.807) is 21.1 Å². The summed E-state index contributed by atoms with van der Waals surface area (Å²) in [5, 5.41) is 0. The van der Waals surface area contributed by atoms with Crippen LogP contribution in [0.15, 0.2) is 10.5 Å². The SMILES string of the molecule is COc1c(Br)cc(C)c(CC(C)=O)c1OC. The fraction of sp³-hybridized carbons (Fsp3) is 0.417. The predicted molar refractivity (Wildman–Crippen MR) is 66.4 cm³/mol. The number of halogens is 1. The van der Waals surface area contributed by atoms with E-state index in [-0.39, 0.29) is 5.78 Å². The van der Waals surface area contributed by atoms with E-state index in [4.69, 9.17) is 9.47 Å². The number of hydrogen-bond acceptors (Lipinski definition) is 3. The Labute approximate surface area is 104 Å². The number of hydrogen-bond donors (Lipinski definition) is 0. The number of carbonyl (C=O) groups is 1. The Morgan fingerprint density at radius 3 is 2.31 bits per heavy atom. The summed E-state index contributed by atoms with van der Waals surface area (Å²) in [5.41, 5.74) is 1.90. The van der Waals surface area contributed by atoms with E-state index in [2.05, 4.69) is 15.9 Å². The second-order valence-electron chi connectivity index (χ2n) is 3.60. The van der Waals surface area contributed by atoms with E-state index in [1.165, 1.54) is 0 Å². The van der Waals surface area contributed by atoms with Gasteiger partial charge in [0.1, 0.15) is 5.78 Å². The van der Waals surface area contributed by atoms with Crippen LogP contribution in [0.25, 0.3) is 0 Å². The van der Waals surface area contributed by atoms with E-state index in [0.29, 0.717) is 17.9 Å². The Morgan fingerprint density at radius 2 is 1.88 bits per heavy atom. The zero-order chi connectivity index (χ0) is 12.3. The molecule has 0 bridgehead atoms. The first-order chi connectivity index (χ1) is 7.51. The van der Waals surface area contributed by atoms with Crippen molar-refractivity contribution in [1.82, 2.24) is 0 Å². The quantitative estimate of drug-likeness (QED) is 0.854. The first-order valence-electron chi connectivity index (χ1n) is 4.90. The lowest BCUT2D eigenvalue weighted by atomic mass is 10.0. The zero-order valence-corrected chi connectivity index (χ0v) is 11.5. The van der Waals surface area contributed by atoms with E-state index >= 15 is 0 Å². The van der Waals surface area contributed by atoms with Gasteiger partial charge in [0.2, 0.25) is 0 Å². The number of methoxy groups -OCH3 is 2. The van der Waals surface area contributed by atoms with Crippen molar-refractivity contribution < 1.29 is 14.3 Å². The van der Waals surface area contributed by atoms with Crippen molar-refractivity contribution >= 4 is 21.7 Å². The van der Waals surface area contributed by atoms with Gasteiger partial charge >= 0.3 is 0 Å². The Bertz CT molecular complexity index is 413. The van der Waals surface area contributed by atoms with Crippen LogP contribution in [0.2, 0.25) is 0 Å². The molecule has 0 atom stereocenters. The van der Waals surface area contributed by atoms with Crippen molar-refractivity contribution in [2.45, 2.75) is 20.3 Å². The van der Waals surface area contributed by atoms with Crippen LogP contribution in [0.3, 0.4) is 0 Å². The maximum Gasteiger partial charge on any atom is 0.175 e. The van der Waals surface area contributed by atoms with Crippen LogP contribution in [0.5, 0.6) is 11.5 Å². The number of Topliss-reactive ketones (excluding diaryl/α,β-unsaturated/α-hetero) is 1. The number of rotatable bonds is 4. The third kappa shape index (κ3) is 2.55. The van der Waals surface area contributed by atoms with Gasteiger partial charge in [0.05, 0.1) is 18.7 Å². The normalized spacial score (nSPS) is 10.1. The molecule has 4 heteroatoms. The van der Waals surface area contributed by atoms with Gasteiger partial charge in [-0.05, 0) is 41.4 Å². The minimum absolute atomic E-state index is 0.103. The van der Waals surface area contributed by atoms with E-state index in [0.717, 1.165) is 15.6 Å². The Morgan fingerprint density at radius 1 is 1.31 bits per heavy atom. The molecule has 0 radical (unpaired) electrons. The molecular formula is C12H15BrO3. The third-order valence-electron chi connectivity index (χ3n) is 2.35. The van der Waals surface area contributed by atoms with Crippen molar-refractivity contribution in [2.75, 3.05) is 14.2 Å². The molecule has 0 amide bonds. The predicted octanol–water partition coefficient (Wildman–Crippen LogP) is 2.91. The summed E-state index contributed by atoms with van der Waals surface area (Å²) < 4.78 is 11.4. The molecule has 88 valence electrons. The second-order valence-corrected chi connectivity index (χ2v) is 4.45. The van der Waals surface area contributed by atoms with Crippen molar-refractivity contribution in [2.24, 2.45) is 0 Å². The molecule has 1 rings (SSSR count). The van der Waals surface area contributed by atoms with Crippen molar-refractivity contribution in [3.63, 3.8) is 0 Å². The van der Waals surface area contributed by atoms with Gasteiger partial charge in [-0.15, -0.1) is 0 Å². The average Bonchev–Trinajstić information content (AvgIpc) is 2.20. The lowest BCUT2D eigenvalue weighted by molar-refractivity contribution is -0.116. The number of carbonyl (C=O) groups excluding carboxylic acids is 1. The summed E-state index contributed by atoms with van der Waals surface area (Å²) in [6, 6.07) is 1.93. The molecule has 0 saturated carbocycles.